The summed E-state index contributed by atoms with van der Waals surface area (Å²) in [6, 6.07) is 12.4. The molecule has 0 aliphatic carbocycles. The van der Waals surface area contributed by atoms with E-state index in [-0.39, 0.29) is 17.2 Å². The molecule has 24 heavy (non-hydrogen) atoms. The second-order valence-corrected chi connectivity index (χ2v) is 5.37. The molecule has 0 atom stereocenters. The molecule has 0 aliphatic heterocycles. The molecule has 0 aromatic heterocycles. The Morgan fingerprint density at radius 1 is 1.04 bits per heavy atom. The molecule has 2 N–H and O–H groups in total. The predicted molar refractivity (Wildman–Crippen MR) is 96.3 cm³/mol. The van der Waals surface area contributed by atoms with Crippen LogP contribution in [0.1, 0.15) is 40.9 Å². The Kier molecular flexibility index (Phi) is 5.90. The summed E-state index contributed by atoms with van der Waals surface area (Å²) >= 11 is 0. The number of rotatable bonds is 6. The molecule has 0 saturated carbocycles. The van der Waals surface area contributed by atoms with Gasteiger partial charge >= 0.3 is 5.97 Å². The molecular weight excluding hydrogens is 302 g/mol. The highest BCUT2D eigenvalue weighted by Crippen LogP contribution is 2.19. The largest absolute Gasteiger partial charge is 0.478 e. The maximum absolute atomic E-state index is 12.1. The van der Waals surface area contributed by atoms with Crippen molar-refractivity contribution in [3.8, 4) is 0 Å². The van der Waals surface area contributed by atoms with Gasteiger partial charge in [0.1, 0.15) is 0 Å². The van der Waals surface area contributed by atoms with Crippen LogP contribution in [0, 0.1) is 0 Å². The first-order chi connectivity index (χ1) is 11.6. The van der Waals surface area contributed by atoms with Crippen LogP contribution in [-0.4, -0.2) is 17.0 Å². The van der Waals surface area contributed by atoms with Crippen molar-refractivity contribution in [1.29, 1.82) is 0 Å². The number of anilines is 1. The fourth-order valence-corrected chi connectivity index (χ4v) is 2.69. The van der Waals surface area contributed by atoms with Crippen LogP contribution in [0.2, 0.25) is 0 Å². The minimum atomic E-state index is -1.07. The predicted octanol–water partition coefficient (Wildman–Crippen LogP) is 4.16. The quantitative estimate of drug-likeness (QED) is 0.784. The molecule has 0 fully saturated rings. The lowest BCUT2D eigenvalue weighted by atomic mass is 9.97. The van der Waals surface area contributed by atoms with Crippen molar-refractivity contribution in [3.63, 3.8) is 0 Å². The van der Waals surface area contributed by atoms with E-state index in [1.54, 1.807) is 24.3 Å². The molecule has 0 unspecified atom stereocenters. The summed E-state index contributed by atoms with van der Waals surface area (Å²) < 4.78 is 0. The molecule has 0 radical (unpaired) electrons. The Morgan fingerprint density at radius 2 is 1.79 bits per heavy atom. The lowest BCUT2D eigenvalue weighted by Crippen LogP contribution is -2.11. The number of hydrogen-bond donors (Lipinski definition) is 2. The van der Waals surface area contributed by atoms with Gasteiger partial charge in [0.15, 0.2) is 0 Å². The SMILES string of the molecule is CCc1cccc(C=CC(=O)Nc2ccccc2C(=O)O)c1CC. The summed E-state index contributed by atoms with van der Waals surface area (Å²) in [6.07, 6.45) is 5.06. The van der Waals surface area contributed by atoms with Crippen molar-refractivity contribution in [1.82, 2.24) is 0 Å². The zero-order valence-electron chi connectivity index (χ0n) is 13.9. The molecule has 124 valence electrons. The van der Waals surface area contributed by atoms with Crippen LogP contribution in [0.25, 0.3) is 6.08 Å². The van der Waals surface area contributed by atoms with Crippen molar-refractivity contribution < 1.29 is 14.7 Å². The Morgan fingerprint density at radius 3 is 2.46 bits per heavy atom. The second kappa shape index (κ2) is 8.11. The number of nitrogens with one attached hydrogen (secondary N) is 1. The van der Waals surface area contributed by atoms with E-state index in [2.05, 4.69) is 25.2 Å². The molecule has 4 nitrogen and oxygen atoms in total. The van der Waals surface area contributed by atoms with Gasteiger partial charge in [-0.1, -0.05) is 44.2 Å². The van der Waals surface area contributed by atoms with Gasteiger partial charge in [-0.2, -0.15) is 0 Å². The zero-order chi connectivity index (χ0) is 17.5. The maximum atomic E-state index is 12.1. The standard InChI is InChI=1S/C20H21NO3/c1-3-14-8-7-9-15(16(14)4-2)12-13-19(22)21-18-11-6-5-10-17(18)20(23)24/h5-13H,3-4H2,1-2H3,(H,21,22)(H,23,24). The first kappa shape index (κ1) is 17.5. The summed E-state index contributed by atoms with van der Waals surface area (Å²) in [7, 11) is 0. The topological polar surface area (TPSA) is 66.4 Å². The number of aromatic carboxylic acids is 1. The Labute approximate surface area is 141 Å². The van der Waals surface area contributed by atoms with Crippen molar-refractivity contribution in [2.75, 3.05) is 5.32 Å². The summed E-state index contributed by atoms with van der Waals surface area (Å²) in [4.78, 5) is 23.3. The van der Waals surface area contributed by atoms with Gasteiger partial charge in [0.05, 0.1) is 11.3 Å². The number of para-hydroxylation sites is 1. The molecule has 0 bridgehead atoms. The minimum absolute atomic E-state index is 0.0708. The van der Waals surface area contributed by atoms with E-state index >= 15 is 0 Å². The van der Waals surface area contributed by atoms with E-state index in [1.807, 2.05) is 12.1 Å². The molecule has 0 aliphatic rings. The van der Waals surface area contributed by atoms with Crippen molar-refractivity contribution >= 4 is 23.6 Å². The van der Waals surface area contributed by atoms with E-state index in [0.29, 0.717) is 0 Å². The number of carboxylic acid groups (broad SMARTS) is 1. The number of carbonyl (C=O) groups excluding carboxylic acids is 1. The number of hydrogen-bond acceptors (Lipinski definition) is 2. The lowest BCUT2D eigenvalue weighted by Gasteiger charge is -2.09. The monoisotopic (exact) mass is 323 g/mol. The normalized spacial score (nSPS) is 10.8. The summed E-state index contributed by atoms with van der Waals surface area (Å²) in [5.41, 5.74) is 3.88. The molecule has 0 heterocycles. The molecule has 4 heteroatoms. The van der Waals surface area contributed by atoms with Crippen LogP contribution in [0.4, 0.5) is 5.69 Å². The Balaban J connectivity index is 2.19. The van der Waals surface area contributed by atoms with E-state index in [0.717, 1.165) is 18.4 Å². The highest BCUT2D eigenvalue weighted by molar-refractivity contribution is 6.06. The van der Waals surface area contributed by atoms with Gasteiger partial charge in [0, 0.05) is 6.08 Å². The molecular formula is C20H21NO3. The molecule has 2 aromatic carbocycles. The van der Waals surface area contributed by atoms with E-state index in [1.165, 1.54) is 23.3 Å². The smallest absolute Gasteiger partial charge is 0.337 e. The van der Waals surface area contributed by atoms with Crippen LogP contribution in [-0.2, 0) is 17.6 Å². The number of amides is 1. The first-order valence-electron chi connectivity index (χ1n) is 7.99. The highest BCUT2D eigenvalue weighted by Gasteiger charge is 2.10. The van der Waals surface area contributed by atoms with Crippen LogP contribution in [0.5, 0.6) is 0 Å². The average Bonchev–Trinajstić information content (AvgIpc) is 2.59. The molecule has 1 amide bonds. The van der Waals surface area contributed by atoms with Gasteiger partial charge in [-0.05, 0) is 47.7 Å². The van der Waals surface area contributed by atoms with E-state index in [9.17, 15) is 9.59 Å². The number of benzene rings is 2. The second-order valence-electron chi connectivity index (χ2n) is 5.37. The van der Waals surface area contributed by atoms with Crippen molar-refractivity contribution in [3.05, 3.63) is 70.8 Å². The van der Waals surface area contributed by atoms with Crippen LogP contribution in [0.3, 0.4) is 0 Å². The summed E-state index contributed by atoms with van der Waals surface area (Å²) in [5, 5.41) is 11.8. The van der Waals surface area contributed by atoms with Gasteiger partial charge in [0.2, 0.25) is 5.91 Å². The number of carboxylic acids is 1. The van der Waals surface area contributed by atoms with Gasteiger partial charge in [-0.3, -0.25) is 4.79 Å². The fraction of sp³-hybridized carbons (Fsp3) is 0.200. The van der Waals surface area contributed by atoms with Gasteiger partial charge in [0.25, 0.3) is 0 Å². The van der Waals surface area contributed by atoms with Crippen LogP contribution < -0.4 is 5.32 Å². The van der Waals surface area contributed by atoms with E-state index in [4.69, 9.17) is 5.11 Å². The maximum Gasteiger partial charge on any atom is 0.337 e. The third kappa shape index (κ3) is 4.10. The number of aryl methyl sites for hydroxylation is 1. The Bertz CT molecular complexity index is 778. The van der Waals surface area contributed by atoms with Gasteiger partial charge < -0.3 is 10.4 Å². The highest BCUT2D eigenvalue weighted by atomic mass is 16.4. The van der Waals surface area contributed by atoms with Gasteiger partial charge in [-0.15, -0.1) is 0 Å². The third-order valence-corrected chi connectivity index (χ3v) is 3.87. The molecule has 2 rings (SSSR count). The summed E-state index contributed by atoms with van der Waals surface area (Å²) in [5.74, 6) is -1.42. The average molecular weight is 323 g/mol. The van der Waals surface area contributed by atoms with Crippen molar-refractivity contribution in [2.24, 2.45) is 0 Å². The summed E-state index contributed by atoms with van der Waals surface area (Å²) in [6.45, 7) is 4.20. The molecule has 0 saturated heterocycles. The lowest BCUT2D eigenvalue weighted by molar-refractivity contribution is -0.111. The third-order valence-electron chi connectivity index (χ3n) is 3.87. The van der Waals surface area contributed by atoms with Crippen LogP contribution >= 0.6 is 0 Å². The van der Waals surface area contributed by atoms with Crippen LogP contribution in [0.15, 0.2) is 48.5 Å². The van der Waals surface area contributed by atoms with Gasteiger partial charge in [-0.25, -0.2) is 4.79 Å². The number of carbonyl (C=O) groups is 2. The van der Waals surface area contributed by atoms with E-state index < -0.39 is 5.97 Å². The minimum Gasteiger partial charge on any atom is -0.478 e. The first-order valence-corrected chi connectivity index (χ1v) is 7.99. The Hall–Kier alpha value is -2.88. The fourth-order valence-electron chi connectivity index (χ4n) is 2.69. The zero-order valence-corrected chi connectivity index (χ0v) is 13.9. The molecule has 0 spiro atoms. The van der Waals surface area contributed by atoms with Crippen molar-refractivity contribution in [2.45, 2.75) is 26.7 Å². The molecule has 2 aromatic rings.